The number of methoxy groups -OCH3 is 1. The lowest BCUT2D eigenvalue weighted by molar-refractivity contribution is -0.117. The minimum atomic E-state index is -0.908. The van der Waals surface area contributed by atoms with Crippen molar-refractivity contribution in [3.8, 4) is 5.75 Å². The number of ether oxygens (including phenoxy) is 1. The second-order valence-corrected chi connectivity index (χ2v) is 8.71. The lowest BCUT2D eigenvalue weighted by atomic mass is 10.00. The monoisotopic (exact) mass is 483 g/mol. The number of fused-ring (bicyclic) bond motifs is 1. The topological polar surface area (TPSA) is 80.0 Å². The minimum Gasteiger partial charge on any atom is -0.503 e. The number of aliphatic hydroxyl groups excluding tert-OH is 1. The van der Waals surface area contributed by atoms with E-state index in [-0.39, 0.29) is 11.3 Å². The van der Waals surface area contributed by atoms with Gasteiger partial charge in [-0.15, -0.1) is 11.3 Å². The van der Waals surface area contributed by atoms with E-state index in [2.05, 4.69) is 0 Å². The van der Waals surface area contributed by atoms with Crippen LogP contribution in [0.15, 0.2) is 75.7 Å². The van der Waals surface area contributed by atoms with Crippen LogP contribution in [0, 0.1) is 5.82 Å². The molecule has 9 heteroatoms. The van der Waals surface area contributed by atoms with Gasteiger partial charge in [-0.1, -0.05) is 17.7 Å². The van der Waals surface area contributed by atoms with Gasteiger partial charge in [0.05, 0.1) is 12.7 Å². The number of rotatable bonds is 5. The van der Waals surface area contributed by atoms with Crippen LogP contribution in [0.5, 0.6) is 5.75 Å². The summed E-state index contributed by atoms with van der Waals surface area (Å²) in [5.41, 5.74) is 0.529. The van der Waals surface area contributed by atoms with Crippen molar-refractivity contribution in [2.45, 2.75) is 6.04 Å². The number of hydrogen-bond acceptors (Lipinski definition) is 6. The number of Topliss-reactive ketones (excluding diaryl/α,β-unsaturated/α-hetero) is 1. The van der Waals surface area contributed by atoms with E-state index in [0.29, 0.717) is 32.3 Å². The largest absolute Gasteiger partial charge is 0.503 e. The Labute approximate surface area is 196 Å². The summed E-state index contributed by atoms with van der Waals surface area (Å²) < 4.78 is 24.5. The molecule has 33 heavy (non-hydrogen) atoms. The van der Waals surface area contributed by atoms with Crippen LogP contribution < -0.4 is 9.64 Å². The summed E-state index contributed by atoms with van der Waals surface area (Å²) in [4.78, 5) is 28.6. The van der Waals surface area contributed by atoms with Crippen LogP contribution in [0.3, 0.4) is 0 Å². The fourth-order valence-electron chi connectivity index (χ4n) is 3.90. The van der Waals surface area contributed by atoms with Crippen LogP contribution in [0.25, 0.3) is 11.0 Å². The Morgan fingerprint density at radius 2 is 1.97 bits per heavy atom. The summed E-state index contributed by atoms with van der Waals surface area (Å²) in [6, 6.07) is 12.5. The van der Waals surface area contributed by atoms with Crippen molar-refractivity contribution in [2.75, 3.05) is 12.0 Å². The van der Waals surface area contributed by atoms with E-state index in [0.717, 1.165) is 0 Å². The van der Waals surface area contributed by atoms with E-state index in [1.165, 1.54) is 53.7 Å². The van der Waals surface area contributed by atoms with Gasteiger partial charge in [0, 0.05) is 27.0 Å². The molecule has 0 radical (unpaired) electrons. The number of furan rings is 1. The molecule has 0 saturated heterocycles. The number of carbonyl (C=O) groups is 2. The van der Waals surface area contributed by atoms with Gasteiger partial charge in [0.25, 0.3) is 5.91 Å². The quantitative estimate of drug-likeness (QED) is 0.348. The van der Waals surface area contributed by atoms with E-state index < -0.39 is 29.3 Å². The Kier molecular flexibility index (Phi) is 5.19. The van der Waals surface area contributed by atoms with Crippen molar-refractivity contribution in [1.29, 1.82) is 0 Å². The molecule has 3 heterocycles. The average Bonchev–Trinajstić information content (AvgIpc) is 3.53. The lowest BCUT2D eigenvalue weighted by Gasteiger charge is -2.25. The predicted molar refractivity (Wildman–Crippen MR) is 123 cm³/mol. The summed E-state index contributed by atoms with van der Waals surface area (Å²) in [6.07, 6.45) is 0. The first kappa shape index (κ1) is 21.2. The molecule has 1 N–H and O–H groups in total. The van der Waals surface area contributed by atoms with Crippen LogP contribution in [-0.4, -0.2) is 23.9 Å². The molecular weight excluding hydrogens is 469 g/mol. The number of carbonyl (C=O) groups excluding carboxylic acids is 2. The molecule has 0 spiro atoms. The van der Waals surface area contributed by atoms with Crippen molar-refractivity contribution in [3.63, 3.8) is 0 Å². The van der Waals surface area contributed by atoms with Gasteiger partial charge < -0.3 is 14.3 Å². The van der Waals surface area contributed by atoms with Gasteiger partial charge in [0.15, 0.2) is 22.9 Å². The van der Waals surface area contributed by atoms with Gasteiger partial charge in [-0.05, 0) is 47.8 Å². The van der Waals surface area contributed by atoms with Crippen LogP contribution in [0.2, 0.25) is 5.02 Å². The Morgan fingerprint density at radius 3 is 2.64 bits per heavy atom. The first-order valence-corrected chi connectivity index (χ1v) is 11.0. The molecule has 0 bridgehead atoms. The van der Waals surface area contributed by atoms with Crippen LogP contribution in [0.1, 0.15) is 21.5 Å². The van der Waals surface area contributed by atoms with E-state index in [1.54, 1.807) is 29.6 Å². The van der Waals surface area contributed by atoms with Crippen LogP contribution in [-0.2, 0) is 4.79 Å². The van der Waals surface area contributed by atoms with Gasteiger partial charge in [0.1, 0.15) is 11.9 Å². The van der Waals surface area contributed by atoms with Gasteiger partial charge in [-0.25, -0.2) is 4.39 Å². The fraction of sp³-hybridized carbons (Fsp3) is 0.0833. The normalized spacial score (nSPS) is 16.2. The number of hydrogen-bond donors (Lipinski definition) is 1. The maximum atomic E-state index is 13.6. The number of amides is 1. The molecule has 2 aromatic carbocycles. The number of anilines is 1. The van der Waals surface area contributed by atoms with Crippen molar-refractivity contribution < 1.29 is 28.2 Å². The number of thiophene rings is 1. The Morgan fingerprint density at radius 1 is 1.21 bits per heavy atom. The number of nitrogens with zero attached hydrogens (tertiary/aromatic N) is 1. The predicted octanol–water partition coefficient (Wildman–Crippen LogP) is 6.08. The number of ketones is 1. The third-order valence-electron chi connectivity index (χ3n) is 5.36. The summed E-state index contributed by atoms with van der Waals surface area (Å²) in [5, 5.41) is 13.5. The summed E-state index contributed by atoms with van der Waals surface area (Å²) in [7, 11) is 1.45. The molecule has 1 atom stereocenters. The van der Waals surface area contributed by atoms with Crippen LogP contribution >= 0.6 is 22.9 Å². The first-order chi connectivity index (χ1) is 15.9. The second kappa shape index (κ2) is 8.06. The van der Waals surface area contributed by atoms with Gasteiger partial charge in [-0.2, -0.15) is 0 Å². The molecule has 1 aliphatic heterocycles. The van der Waals surface area contributed by atoms with Gasteiger partial charge in [0.2, 0.25) is 5.78 Å². The zero-order valence-electron chi connectivity index (χ0n) is 17.0. The molecule has 166 valence electrons. The van der Waals surface area contributed by atoms with Crippen molar-refractivity contribution >= 4 is 51.3 Å². The van der Waals surface area contributed by atoms with E-state index >= 15 is 0 Å². The maximum absolute atomic E-state index is 13.6. The molecule has 6 nitrogen and oxygen atoms in total. The van der Waals surface area contributed by atoms with Crippen molar-refractivity contribution in [3.05, 3.63) is 92.8 Å². The van der Waals surface area contributed by atoms with Gasteiger partial charge in [-0.3, -0.25) is 14.5 Å². The third kappa shape index (κ3) is 3.48. The minimum absolute atomic E-state index is 0.0811. The Bertz CT molecular complexity index is 1430. The molecule has 1 aliphatic rings. The highest BCUT2D eigenvalue weighted by molar-refractivity contribution is 7.10. The summed E-state index contributed by atoms with van der Waals surface area (Å²) in [5.74, 6) is -2.31. The molecule has 4 aromatic rings. The SMILES string of the molecule is COc1cc(Cl)cc2cc(C(=O)C3=C(O)C(=O)N(c4ccc(F)cc4)C3c3cccs3)oc12. The molecule has 0 saturated carbocycles. The van der Waals surface area contributed by atoms with E-state index in [1.807, 2.05) is 0 Å². The zero-order valence-corrected chi connectivity index (χ0v) is 18.6. The number of benzene rings is 2. The summed E-state index contributed by atoms with van der Waals surface area (Å²) in [6.45, 7) is 0. The maximum Gasteiger partial charge on any atom is 0.294 e. The third-order valence-corrected chi connectivity index (χ3v) is 6.50. The molecule has 5 rings (SSSR count). The van der Waals surface area contributed by atoms with Crippen molar-refractivity contribution in [2.24, 2.45) is 0 Å². The Balaban J connectivity index is 1.64. The standard InChI is InChI=1S/C24H15ClFNO5S/c1-31-17-11-13(25)9-12-10-16(32-23(12)17)21(28)19-20(18-3-2-8-33-18)27(24(30)22(19)29)15-6-4-14(26)5-7-15/h2-11,20,29H,1H3. The second-order valence-electron chi connectivity index (χ2n) is 7.30. The summed E-state index contributed by atoms with van der Waals surface area (Å²) >= 11 is 7.44. The highest BCUT2D eigenvalue weighted by Gasteiger charge is 2.46. The van der Waals surface area contributed by atoms with Gasteiger partial charge >= 0.3 is 0 Å². The smallest absolute Gasteiger partial charge is 0.294 e. The highest BCUT2D eigenvalue weighted by atomic mass is 35.5. The highest BCUT2D eigenvalue weighted by Crippen LogP contribution is 2.44. The molecule has 1 amide bonds. The number of halogens is 2. The molecule has 0 fully saturated rings. The zero-order chi connectivity index (χ0) is 23.3. The molecule has 0 aliphatic carbocycles. The van der Waals surface area contributed by atoms with Crippen molar-refractivity contribution in [1.82, 2.24) is 0 Å². The Hall–Kier alpha value is -3.62. The van der Waals surface area contributed by atoms with E-state index in [9.17, 15) is 19.1 Å². The fourth-order valence-corrected chi connectivity index (χ4v) is 4.94. The molecule has 2 aromatic heterocycles. The first-order valence-electron chi connectivity index (χ1n) is 9.76. The average molecular weight is 484 g/mol. The van der Waals surface area contributed by atoms with E-state index in [4.69, 9.17) is 20.8 Å². The molecular formula is C24H15ClFNO5S. The number of aliphatic hydroxyl groups is 1. The molecule has 1 unspecified atom stereocenters. The lowest BCUT2D eigenvalue weighted by Crippen LogP contribution is -2.30. The van der Waals surface area contributed by atoms with Crippen LogP contribution in [0.4, 0.5) is 10.1 Å².